The van der Waals surface area contributed by atoms with E-state index in [-0.39, 0.29) is 12.4 Å². The highest BCUT2D eigenvalue weighted by atomic mass is 19.1. The molecule has 104 valence electrons. The predicted molar refractivity (Wildman–Crippen MR) is 74.7 cm³/mol. The van der Waals surface area contributed by atoms with E-state index in [0.29, 0.717) is 24.3 Å². The lowest BCUT2D eigenvalue weighted by atomic mass is 10.2. The topological polar surface area (TPSA) is 53.1 Å². The maximum atomic E-state index is 13.3. The molecule has 5 heteroatoms. The first kappa shape index (κ1) is 14.1. The first-order valence-corrected chi connectivity index (χ1v) is 6.28. The number of nitrogens with two attached hydrogens (primary N) is 1. The van der Waals surface area contributed by atoms with Gasteiger partial charge in [0.15, 0.2) is 0 Å². The van der Waals surface area contributed by atoms with Gasteiger partial charge in [0.1, 0.15) is 17.4 Å². The van der Waals surface area contributed by atoms with E-state index in [1.807, 2.05) is 17.8 Å². The summed E-state index contributed by atoms with van der Waals surface area (Å²) in [5.41, 5.74) is 5.97. The number of benzene rings is 1. The average Bonchev–Trinajstić information content (AvgIpc) is 2.84. The highest BCUT2D eigenvalue weighted by Crippen LogP contribution is 2.19. The van der Waals surface area contributed by atoms with Crippen molar-refractivity contribution in [2.45, 2.75) is 6.42 Å². The van der Waals surface area contributed by atoms with Crippen molar-refractivity contribution in [3.05, 3.63) is 47.8 Å². The second-order valence-electron chi connectivity index (χ2n) is 4.20. The highest BCUT2D eigenvalue weighted by molar-refractivity contribution is 5.46. The second kappa shape index (κ2) is 6.73. The van der Waals surface area contributed by atoms with Gasteiger partial charge in [-0.3, -0.25) is 0 Å². The lowest BCUT2D eigenvalue weighted by Crippen LogP contribution is -2.07. The molecule has 0 spiro atoms. The van der Waals surface area contributed by atoms with Gasteiger partial charge < -0.3 is 15.0 Å². The summed E-state index contributed by atoms with van der Waals surface area (Å²) in [5.74, 6) is 6.60. The van der Waals surface area contributed by atoms with E-state index in [4.69, 9.17) is 10.5 Å². The molecule has 0 saturated carbocycles. The van der Waals surface area contributed by atoms with Crippen molar-refractivity contribution < 1.29 is 9.13 Å². The third-order valence-electron chi connectivity index (χ3n) is 2.77. The summed E-state index contributed by atoms with van der Waals surface area (Å²) >= 11 is 0. The van der Waals surface area contributed by atoms with Gasteiger partial charge in [0.2, 0.25) is 0 Å². The maximum absolute atomic E-state index is 13.3. The quantitative estimate of drug-likeness (QED) is 0.859. The number of imidazole rings is 1. The number of halogens is 1. The Morgan fingerprint density at radius 3 is 3.00 bits per heavy atom. The third-order valence-corrected chi connectivity index (χ3v) is 2.77. The number of hydrogen-bond acceptors (Lipinski definition) is 3. The van der Waals surface area contributed by atoms with Crippen molar-refractivity contribution in [2.24, 2.45) is 12.8 Å². The molecule has 0 aliphatic heterocycles. The largest absolute Gasteiger partial charge is 0.492 e. The van der Waals surface area contributed by atoms with Gasteiger partial charge in [-0.05, 0) is 12.1 Å². The van der Waals surface area contributed by atoms with Gasteiger partial charge in [-0.25, -0.2) is 9.37 Å². The average molecular weight is 273 g/mol. The molecule has 0 unspecified atom stereocenters. The molecule has 1 aromatic carbocycles. The van der Waals surface area contributed by atoms with Crippen LogP contribution in [0.15, 0.2) is 30.6 Å². The standard InChI is InChI=1S/C15H16FN3O/c1-19-9-8-18-15(19)6-10-20-14-11-13(16)5-4-12(14)3-2-7-17/h4-5,8-9,11H,6-7,10,17H2,1H3. The number of nitrogens with zero attached hydrogens (tertiary/aromatic N) is 2. The Kier molecular flexibility index (Phi) is 4.75. The minimum absolute atomic E-state index is 0.254. The molecule has 0 amide bonds. The van der Waals surface area contributed by atoms with Crippen molar-refractivity contribution in [2.75, 3.05) is 13.2 Å². The molecule has 2 aromatic rings. The lowest BCUT2D eigenvalue weighted by molar-refractivity contribution is 0.315. The van der Waals surface area contributed by atoms with Gasteiger partial charge in [0.05, 0.1) is 18.7 Å². The van der Waals surface area contributed by atoms with Crippen LogP contribution in [-0.2, 0) is 13.5 Å². The fourth-order valence-electron chi connectivity index (χ4n) is 1.75. The fourth-order valence-corrected chi connectivity index (χ4v) is 1.75. The van der Waals surface area contributed by atoms with Crippen LogP contribution in [0.3, 0.4) is 0 Å². The SMILES string of the molecule is Cn1ccnc1CCOc1cc(F)ccc1C#CCN. The van der Waals surface area contributed by atoms with E-state index >= 15 is 0 Å². The van der Waals surface area contributed by atoms with Crippen molar-refractivity contribution in [1.29, 1.82) is 0 Å². The van der Waals surface area contributed by atoms with Crippen LogP contribution in [0.1, 0.15) is 11.4 Å². The van der Waals surface area contributed by atoms with Gasteiger partial charge in [-0.1, -0.05) is 11.8 Å². The molecule has 20 heavy (non-hydrogen) atoms. The Morgan fingerprint density at radius 2 is 2.30 bits per heavy atom. The molecule has 0 fully saturated rings. The zero-order valence-electron chi connectivity index (χ0n) is 11.3. The lowest BCUT2D eigenvalue weighted by Gasteiger charge is -2.08. The first-order chi connectivity index (χ1) is 9.70. The zero-order valence-corrected chi connectivity index (χ0v) is 11.3. The van der Waals surface area contributed by atoms with E-state index < -0.39 is 0 Å². The molecule has 0 atom stereocenters. The molecule has 0 saturated heterocycles. The smallest absolute Gasteiger partial charge is 0.137 e. The van der Waals surface area contributed by atoms with Crippen LogP contribution in [0.4, 0.5) is 4.39 Å². The van der Waals surface area contributed by atoms with Gasteiger partial charge in [0.25, 0.3) is 0 Å². The van der Waals surface area contributed by atoms with Crippen LogP contribution in [0, 0.1) is 17.7 Å². The summed E-state index contributed by atoms with van der Waals surface area (Å²) in [7, 11) is 1.92. The van der Waals surface area contributed by atoms with Crippen molar-refractivity contribution >= 4 is 0 Å². The van der Waals surface area contributed by atoms with Gasteiger partial charge in [-0.15, -0.1) is 0 Å². The molecule has 1 aromatic heterocycles. The fraction of sp³-hybridized carbons (Fsp3) is 0.267. The zero-order chi connectivity index (χ0) is 14.4. The van der Waals surface area contributed by atoms with E-state index in [1.165, 1.54) is 12.1 Å². The van der Waals surface area contributed by atoms with Crippen LogP contribution >= 0.6 is 0 Å². The Bertz CT molecular complexity index is 640. The Hall–Kier alpha value is -2.32. The summed E-state index contributed by atoms with van der Waals surface area (Å²) < 4.78 is 20.8. The molecular weight excluding hydrogens is 257 g/mol. The molecular formula is C15H16FN3O. The summed E-state index contributed by atoms with van der Waals surface area (Å²) in [6.07, 6.45) is 4.25. The van der Waals surface area contributed by atoms with Crippen LogP contribution in [0.25, 0.3) is 0 Å². The molecule has 2 rings (SSSR count). The van der Waals surface area contributed by atoms with Crippen LogP contribution < -0.4 is 10.5 Å². The summed E-state index contributed by atoms with van der Waals surface area (Å²) in [4.78, 5) is 4.20. The van der Waals surface area contributed by atoms with E-state index in [2.05, 4.69) is 16.8 Å². The first-order valence-electron chi connectivity index (χ1n) is 6.28. The van der Waals surface area contributed by atoms with E-state index in [9.17, 15) is 4.39 Å². The summed E-state index contributed by atoms with van der Waals surface area (Å²) in [6, 6.07) is 4.28. The highest BCUT2D eigenvalue weighted by Gasteiger charge is 2.05. The number of aromatic nitrogens is 2. The normalized spacial score (nSPS) is 9.95. The van der Waals surface area contributed by atoms with E-state index in [0.717, 1.165) is 5.82 Å². The second-order valence-corrected chi connectivity index (χ2v) is 4.20. The van der Waals surface area contributed by atoms with Crippen molar-refractivity contribution in [3.63, 3.8) is 0 Å². The van der Waals surface area contributed by atoms with Crippen molar-refractivity contribution in [3.8, 4) is 17.6 Å². The molecule has 0 radical (unpaired) electrons. The monoisotopic (exact) mass is 273 g/mol. The number of aryl methyl sites for hydroxylation is 1. The number of hydrogen-bond donors (Lipinski definition) is 1. The van der Waals surface area contributed by atoms with Crippen molar-refractivity contribution in [1.82, 2.24) is 9.55 Å². The van der Waals surface area contributed by atoms with Gasteiger partial charge in [-0.2, -0.15) is 0 Å². The van der Waals surface area contributed by atoms with Gasteiger partial charge >= 0.3 is 0 Å². The minimum atomic E-state index is -0.352. The van der Waals surface area contributed by atoms with Gasteiger partial charge in [0, 0.05) is 31.9 Å². The molecule has 2 N–H and O–H groups in total. The van der Waals surface area contributed by atoms with Crippen LogP contribution in [0.2, 0.25) is 0 Å². The Morgan fingerprint density at radius 1 is 1.45 bits per heavy atom. The molecule has 0 aliphatic rings. The Labute approximate surface area is 117 Å². The molecule has 1 heterocycles. The third kappa shape index (κ3) is 3.59. The van der Waals surface area contributed by atoms with Crippen LogP contribution in [-0.4, -0.2) is 22.7 Å². The van der Waals surface area contributed by atoms with Crippen LogP contribution in [0.5, 0.6) is 5.75 Å². The summed E-state index contributed by atoms with van der Waals surface area (Å²) in [5, 5.41) is 0. The molecule has 4 nitrogen and oxygen atoms in total. The predicted octanol–water partition coefficient (Wildman–Crippen LogP) is 1.49. The maximum Gasteiger partial charge on any atom is 0.137 e. The number of ether oxygens (including phenoxy) is 1. The number of rotatable bonds is 4. The summed E-state index contributed by atoms with van der Waals surface area (Å²) in [6.45, 7) is 0.662. The minimum Gasteiger partial charge on any atom is -0.492 e. The molecule has 0 aliphatic carbocycles. The molecule has 0 bridgehead atoms. The Balaban J connectivity index is 2.04. The van der Waals surface area contributed by atoms with E-state index in [1.54, 1.807) is 12.3 Å².